The zero-order valence-electron chi connectivity index (χ0n) is 9.92. The molecule has 1 N–H and O–H groups in total. The van der Waals surface area contributed by atoms with Crippen molar-refractivity contribution in [1.29, 1.82) is 0 Å². The van der Waals surface area contributed by atoms with Crippen molar-refractivity contribution in [2.24, 2.45) is 5.92 Å². The Balaban J connectivity index is 1.77. The maximum atomic E-state index is 12.9. The number of hydroxylamine groups is 1. The summed E-state index contributed by atoms with van der Waals surface area (Å²) in [5.41, 5.74) is 2.82. The first-order chi connectivity index (χ1) is 8.66. The second-order valence-electron chi connectivity index (χ2n) is 4.48. The molecule has 0 bridgehead atoms. The fourth-order valence-corrected chi connectivity index (χ4v) is 2.09. The average molecular weight is 255 g/mol. The summed E-state index contributed by atoms with van der Waals surface area (Å²) >= 11 is 0. The summed E-state index contributed by atoms with van der Waals surface area (Å²) in [6.07, 6.45) is 3.92. The summed E-state index contributed by atoms with van der Waals surface area (Å²) < 4.78 is 25.6. The van der Waals surface area contributed by atoms with Gasteiger partial charge < -0.3 is 0 Å². The van der Waals surface area contributed by atoms with E-state index in [9.17, 15) is 13.6 Å². The van der Waals surface area contributed by atoms with Crippen LogP contribution in [0.4, 0.5) is 8.78 Å². The van der Waals surface area contributed by atoms with Crippen molar-refractivity contribution in [3.8, 4) is 0 Å². The molecule has 98 valence electrons. The van der Waals surface area contributed by atoms with Gasteiger partial charge in [0, 0.05) is 5.92 Å². The smallest absolute Gasteiger partial charge is 0.246 e. The lowest BCUT2D eigenvalue weighted by molar-refractivity contribution is -0.138. The summed E-state index contributed by atoms with van der Waals surface area (Å²) in [6, 6.07) is 3.50. The van der Waals surface area contributed by atoms with E-state index in [-0.39, 0.29) is 18.4 Å². The molecule has 18 heavy (non-hydrogen) atoms. The molecular weight excluding hydrogens is 240 g/mol. The highest BCUT2D eigenvalue weighted by atomic mass is 19.2. The maximum absolute atomic E-state index is 12.9. The Hall–Kier alpha value is -1.49. The normalized spacial score (nSPS) is 15.9. The lowest BCUT2D eigenvalue weighted by Crippen LogP contribution is -2.29. The number of carbonyl (C=O) groups is 1. The van der Waals surface area contributed by atoms with Gasteiger partial charge in [-0.25, -0.2) is 14.3 Å². The summed E-state index contributed by atoms with van der Waals surface area (Å²) in [5, 5.41) is 0. The summed E-state index contributed by atoms with van der Waals surface area (Å²) in [6.45, 7) is 0.0235. The number of rotatable bonds is 4. The second-order valence-corrected chi connectivity index (χ2v) is 4.48. The molecule has 0 heterocycles. The van der Waals surface area contributed by atoms with Crippen LogP contribution in [-0.2, 0) is 16.2 Å². The van der Waals surface area contributed by atoms with Crippen molar-refractivity contribution in [3.63, 3.8) is 0 Å². The zero-order valence-corrected chi connectivity index (χ0v) is 9.92. The number of carbonyl (C=O) groups excluding carboxylic acids is 1. The monoisotopic (exact) mass is 255 g/mol. The fourth-order valence-electron chi connectivity index (χ4n) is 2.09. The number of hydrogen-bond donors (Lipinski definition) is 1. The SMILES string of the molecule is O=C(NOCc1ccc(F)c(F)c1)C1CCCC1. The predicted molar refractivity (Wildman–Crippen MR) is 61.2 cm³/mol. The van der Waals surface area contributed by atoms with Crippen LogP contribution in [0.15, 0.2) is 18.2 Å². The number of hydrogen-bond acceptors (Lipinski definition) is 2. The van der Waals surface area contributed by atoms with E-state index in [1.807, 2.05) is 0 Å². The Bertz CT molecular complexity index is 431. The Morgan fingerprint density at radius 3 is 2.67 bits per heavy atom. The van der Waals surface area contributed by atoms with Crippen LogP contribution < -0.4 is 5.48 Å². The van der Waals surface area contributed by atoms with Gasteiger partial charge in [0.1, 0.15) is 0 Å². The molecule has 0 radical (unpaired) electrons. The highest BCUT2D eigenvalue weighted by molar-refractivity contribution is 5.77. The number of nitrogens with one attached hydrogen (secondary N) is 1. The zero-order chi connectivity index (χ0) is 13.0. The van der Waals surface area contributed by atoms with Gasteiger partial charge in [0.2, 0.25) is 5.91 Å². The first-order valence-corrected chi connectivity index (χ1v) is 6.02. The van der Waals surface area contributed by atoms with E-state index in [0.717, 1.165) is 37.8 Å². The van der Waals surface area contributed by atoms with Gasteiger partial charge in [0.25, 0.3) is 0 Å². The van der Waals surface area contributed by atoms with Crippen molar-refractivity contribution in [1.82, 2.24) is 5.48 Å². The highest BCUT2D eigenvalue weighted by Gasteiger charge is 2.22. The maximum Gasteiger partial charge on any atom is 0.246 e. The lowest BCUT2D eigenvalue weighted by Gasteiger charge is -2.10. The first-order valence-electron chi connectivity index (χ1n) is 6.02. The van der Waals surface area contributed by atoms with Gasteiger partial charge in [-0.1, -0.05) is 18.9 Å². The molecule has 0 saturated heterocycles. The van der Waals surface area contributed by atoms with Crippen LogP contribution in [0.1, 0.15) is 31.2 Å². The van der Waals surface area contributed by atoms with E-state index in [0.29, 0.717) is 5.56 Å². The van der Waals surface area contributed by atoms with Gasteiger partial charge in [-0.15, -0.1) is 0 Å². The minimum absolute atomic E-state index is 0.0231. The van der Waals surface area contributed by atoms with Gasteiger partial charge in [-0.2, -0.15) is 0 Å². The van der Waals surface area contributed by atoms with Crippen molar-refractivity contribution in [2.75, 3.05) is 0 Å². The van der Waals surface area contributed by atoms with Crippen LogP contribution in [0.3, 0.4) is 0 Å². The van der Waals surface area contributed by atoms with Crippen LogP contribution in [0.25, 0.3) is 0 Å². The minimum atomic E-state index is -0.918. The Morgan fingerprint density at radius 1 is 1.28 bits per heavy atom. The Morgan fingerprint density at radius 2 is 2.00 bits per heavy atom. The molecule has 3 nitrogen and oxygen atoms in total. The van der Waals surface area contributed by atoms with E-state index < -0.39 is 11.6 Å². The quantitative estimate of drug-likeness (QED) is 0.840. The molecule has 0 spiro atoms. The molecule has 1 fully saturated rings. The van der Waals surface area contributed by atoms with E-state index in [4.69, 9.17) is 4.84 Å². The minimum Gasteiger partial charge on any atom is -0.273 e. The lowest BCUT2D eigenvalue weighted by atomic mass is 10.1. The van der Waals surface area contributed by atoms with Crippen LogP contribution in [-0.4, -0.2) is 5.91 Å². The van der Waals surface area contributed by atoms with Gasteiger partial charge in [0.15, 0.2) is 11.6 Å². The van der Waals surface area contributed by atoms with Crippen LogP contribution in [0.5, 0.6) is 0 Å². The molecule has 5 heteroatoms. The highest BCUT2D eigenvalue weighted by Crippen LogP contribution is 2.24. The van der Waals surface area contributed by atoms with Crippen LogP contribution in [0.2, 0.25) is 0 Å². The molecule has 1 aromatic rings. The van der Waals surface area contributed by atoms with Crippen molar-refractivity contribution in [2.45, 2.75) is 32.3 Å². The molecule has 2 rings (SSSR count). The predicted octanol–water partition coefficient (Wildman–Crippen LogP) is 2.70. The van der Waals surface area contributed by atoms with Gasteiger partial charge in [0.05, 0.1) is 6.61 Å². The number of halogens is 2. The van der Waals surface area contributed by atoms with E-state index >= 15 is 0 Å². The summed E-state index contributed by atoms with van der Waals surface area (Å²) in [5.74, 6) is -1.92. The number of amides is 1. The molecule has 0 atom stereocenters. The van der Waals surface area contributed by atoms with Crippen molar-refractivity contribution >= 4 is 5.91 Å². The summed E-state index contributed by atoms with van der Waals surface area (Å²) in [7, 11) is 0. The topological polar surface area (TPSA) is 38.3 Å². The van der Waals surface area contributed by atoms with Crippen molar-refractivity contribution < 1.29 is 18.4 Å². The molecule has 1 aliphatic rings. The molecule has 0 aromatic heterocycles. The Kier molecular flexibility index (Phi) is 4.25. The van der Waals surface area contributed by atoms with Crippen LogP contribution >= 0.6 is 0 Å². The standard InChI is InChI=1S/C13H15F2NO2/c14-11-6-5-9(7-12(11)15)8-18-16-13(17)10-3-1-2-4-10/h5-7,10H,1-4,8H2,(H,16,17). The molecule has 1 aliphatic carbocycles. The van der Waals surface area contributed by atoms with Gasteiger partial charge >= 0.3 is 0 Å². The third-order valence-corrected chi connectivity index (χ3v) is 3.12. The fraction of sp³-hybridized carbons (Fsp3) is 0.462. The second kappa shape index (κ2) is 5.91. The average Bonchev–Trinajstić information content (AvgIpc) is 2.87. The summed E-state index contributed by atoms with van der Waals surface area (Å²) in [4.78, 5) is 16.6. The first kappa shape index (κ1) is 13.0. The number of benzene rings is 1. The van der Waals surface area contributed by atoms with E-state index in [2.05, 4.69) is 5.48 Å². The van der Waals surface area contributed by atoms with E-state index in [1.165, 1.54) is 6.07 Å². The molecular formula is C13H15F2NO2. The Labute approximate surface area is 104 Å². The van der Waals surface area contributed by atoms with Crippen LogP contribution in [0, 0.1) is 17.6 Å². The van der Waals surface area contributed by atoms with Gasteiger partial charge in [-0.3, -0.25) is 9.63 Å². The largest absolute Gasteiger partial charge is 0.273 e. The molecule has 1 saturated carbocycles. The third kappa shape index (κ3) is 3.26. The van der Waals surface area contributed by atoms with Gasteiger partial charge in [-0.05, 0) is 30.5 Å². The van der Waals surface area contributed by atoms with E-state index in [1.54, 1.807) is 0 Å². The molecule has 0 unspecified atom stereocenters. The third-order valence-electron chi connectivity index (χ3n) is 3.12. The molecule has 1 amide bonds. The molecule has 1 aromatic carbocycles. The van der Waals surface area contributed by atoms with Crippen molar-refractivity contribution in [3.05, 3.63) is 35.4 Å². The molecule has 0 aliphatic heterocycles.